The highest BCUT2D eigenvalue weighted by Gasteiger charge is 2.42. The highest BCUT2D eigenvalue weighted by atomic mass is 16.5. The van der Waals surface area contributed by atoms with Crippen molar-refractivity contribution in [1.82, 2.24) is 4.90 Å². The van der Waals surface area contributed by atoms with Crippen molar-refractivity contribution in [3.8, 4) is 0 Å². The Bertz CT molecular complexity index is 344. The normalized spacial score (nSPS) is 30.9. The molecule has 0 aromatic carbocycles. The van der Waals surface area contributed by atoms with Gasteiger partial charge >= 0.3 is 5.97 Å². The Labute approximate surface area is 121 Å². The molecule has 3 aliphatic rings. The topological polar surface area (TPSA) is 38.8 Å². The highest BCUT2D eigenvalue weighted by Crippen LogP contribution is 2.43. The third-order valence-electron chi connectivity index (χ3n) is 5.44. The van der Waals surface area contributed by atoms with Gasteiger partial charge < -0.3 is 14.4 Å². The van der Waals surface area contributed by atoms with E-state index < -0.39 is 0 Å². The van der Waals surface area contributed by atoms with Gasteiger partial charge in [0.05, 0.1) is 24.7 Å². The highest BCUT2D eigenvalue weighted by molar-refractivity contribution is 5.72. The van der Waals surface area contributed by atoms with E-state index in [1.165, 1.54) is 45.6 Å². The monoisotopic (exact) mass is 281 g/mol. The zero-order valence-corrected chi connectivity index (χ0v) is 12.6. The van der Waals surface area contributed by atoms with Crippen molar-refractivity contribution in [1.29, 1.82) is 0 Å². The standard InChI is InChI=1S/C16H27NO3/c1-19-15(18)13-5-10-17(11-6-13)12-14-4-9-16(20-14)7-2-3-8-16/h13-14H,2-12H2,1H3. The molecular formula is C16H27NO3. The molecule has 0 radical (unpaired) electrons. The van der Waals surface area contributed by atoms with E-state index in [1.54, 1.807) is 0 Å². The van der Waals surface area contributed by atoms with E-state index in [0.29, 0.717) is 6.10 Å². The summed E-state index contributed by atoms with van der Waals surface area (Å²) in [6.45, 7) is 3.06. The maximum Gasteiger partial charge on any atom is 0.308 e. The second-order valence-electron chi connectivity index (χ2n) is 6.77. The first-order chi connectivity index (χ1) is 9.71. The molecule has 1 atom stereocenters. The van der Waals surface area contributed by atoms with Crippen LogP contribution in [0.15, 0.2) is 0 Å². The van der Waals surface area contributed by atoms with Gasteiger partial charge in [-0.2, -0.15) is 0 Å². The molecule has 0 N–H and O–H groups in total. The van der Waals surface area contributed by atoms with E-state index >= 15 is 0 Å². The number of carbonyl (C=O) groups is 1. The maximum absolute atomic E-state index is 11.5. The van der Waals surface area contributed by atoms with E-state index in [1.807, 2.05) is 0 Å². The Hall–Kier alpha value is -0.610. The van der Waals surface area contributed by atoms with Crippen LogP contribution < -0.4 is 0 Å². The number of methoxy groups -OCH3 is 1. The number of carbonyl (C=O) groups excluding carboxylic acids is 1. The van der Waals surface area contributed by atoms with E-state index in [4.69, 9.17) is 9.47 Å². The lowest BCUT2D eigenvalue weighted by Crippen LogP contribution is -2.41. The van der Waals surface area contributed by atoms with Gasteiger partial charge in [-0.25, -0.2) is 0 Å². The number of hydrogen-bond acceptors (Lipinski definition) is 4. The fourth-order valence-electron chi connectivity index (χ4n) is 4.22. The van der Waals surface area contributed by atoms with Crippen LogP contribution in [0.25, 0.3) is 0 Å². The van der Waals surface area contributed by atoms with Gasteiger partial charge in [0.1, 0.15) is 0 Å². The lowest BCUT2D eigenvalue weighted by atomic mass is 9.96. The van der Waals surface area contributed by atoms with E-state index in [-0.39, 0.29) is 17.5 Å². The molecular weight excluding hydrogens is 254 g/mol. The Kier molecular flexibility index (Phi) is 4.32. The van der Waals surface area contributed by atoms with Gasteiger partial charge in [-0.1, -0.05) is 12.8 Å². The second kappa shape index (κ2) is 6.02. The number of piperidine rings is 1. The Morgan fingerprint density at radius 1 is 1.20 bits per heavy atom. The largest absolute Gasteiger partial charge is 0.469 e. The lowest BCUT2D eigenvalue weighted by Gasteiger charge is -2.33. The Balaban J connectivity index is 1.43. The Morgan fingerprint density at radius 3 is 2.55 bits per heavy atom. The molecule has 2 aliphatic heterocycles. The first-order valence-corrected chi connectivity index (χ1v) is 8.19. The van der Waals surface area contributed by atoms with Crippen LogP contribution in [0, 0.1) is 5.92 Å². The molecule has 4 heteroatoms. The van der Waals surface area contributed by atoms with E-state index in [0.717, 1.165) is 32.5 Å². The van der Waals surface area contributed by atoms with Crippen LogP contribution >= 0.6 is 0 Å². The lowest BCUT2D eigenvalue weighted by molar-refractivity contribution is -0.147. The summed E-state index contributed by atoms with van der Waals surface area (Å²) >= 11 is 0. The summed E-state index contributed by atoms with van der Waals surface area (Å²) in [6, 6.07) is 0. The molecule has 0 amide bonds. The second-order valence-corrected chi connectivity index (χ2v) is 6.77. The molecule has 3 fully saturated rings. The number of likely N-dealkylation sites (tertiary alicyclic amines) is 1. The summed E-state index contributed by atoms with van der Waals surface area (Å²) in [5.41, 5.74) is 0.245. The SMILES string of the molecule is COC(=O)C1CCN(CC2CCC3(CCCC3)O2)CC1. The summed E-state index contributed by atoms with van der Waals surface area (Å²) in [5, 5.41) is 0. The predicted molar refractivity (Wildman–Crippen MR) is 76.5 cm³/mol. The van der Waals surface area contributed by atoms with Gasteiger partial charge in [-0.15, -0.1) is 0 Å². The van der Waals surface area contributed by atoms with Crippen LogP contribution in [0.5, 0.6) is 0 Å². The van der Waals surface area contributed by atoms with Gasteiger partial charge in [-0.05, 0) is 51.6 Å². The molecule has 2 heterocycles. The molecule has 114 valence electrons. The molecule has 1 aliphatic carbocycles. The number of ether oxygens (including phenoxy) is 2. The smallest absolute Gasteiger partial charge is 0.308 e. The Morgan fingerprint density at radius 2 is 1.90 bits per heavy atom. The van der Waals surface area contributed by atoms with Gasteiger partial charge in [0.25, 0.3) is 0 Å². The van der Waals surface area contributed by atoms with Crippen molar-refractivity contribution in [3.05, 3.63) is 0 Å². The summed E-state index contributed by atoms with van der Waals surface area (Å²) < 4.78 is 11.2. The first kappa shape index (κ1) is 14.3. The molecule has 3 rings (SSSR count). The number of rotatable bonds is 3. The molecule has 2 saturated heterocycles. The summed E-state index contributed by atoms with van der Waals surface area (Å²) in [4.78, 5) is 14.0. The third kappa shape index (κ3) is 3.01. The van der Waals surface area contributed by atoms with Gasteiger partial charge in [0.2, 0.25) is 0 Å². The molecule has 0 aromatic heterocycles. The van der Waals surface area contributed by atoms with Gasteiger partial charge in [0, 0.05) is 6.54 Å². The quantitative estimate of drug-likeness (QED) is 0.744. The van der Waals surface area contributed by atoms with Crippen molar-refractivity contribution >= 4 is 5.97 Å². The van der Waals surface area contributed by atoms with Crippen molar-refractivity contribution < 1.29 is 14.3 Å². The summed E-state index contributed by atoms with van der Waals surface area (Å²) in [6.07, 6.45) is 10.0. The molecule has 20 heavy (non-hydrogen) atoms. The van der Waals surface area contributed by atoms with Crippen LogP contribution in [-0.4, -0.2) is 49.3 Å². The third-order valence-corrected chi connectivity index (χ3v) is 5.44. The minimum Gasteiger partial charge on any atom is -0.469 e. The zero-order valence-electron chi connectivity index (χ0n) is 12.6. The molecule has 0 aromatic rings. The van der Waals surface area contributed by atoms with Crippen LogP contribution in [-0.2, 0) is 14.3 Å². The number of hydrogen-bond donors (Lipinski definition) is 0. The molecule has 0 bridgehead atoms. The van der Waals surface area contributed by atoms with Crippen LogP contribution in [0.2, 0.25) is 0 Å². The molecule has 1 saturated carbocycles. The first-order valence-electron chi connectivity index (χ1n) is 8.19. The number of esters is 1. The van der Waals surface area contributed by atoms with Gasteiger partial charge in [0.15, 0.2) is 0 Å². The van der Waals surface area contributed by atoms with Crippen LogP contribution in [0.3, 0.4) is 0 Å². The minimum atomic E-state index is -0.0355. The van der Waals surface area contributed by atoms with Crippen molar-refractivity contribution in [2.24, 2.45) is 5.92 Å². The fraction of sp³-hybridized carbons (Fsp3) is 0.938. The maximum atomic E-state index is 11.5. The average molecular weight is 281 g/mol. The van der Waals surface area contributed by atoms with Crippen molar-refractivity contribution in [3.63, 3.8) is 0 Å². The average Bonchev–Trinajstić information content (AvgIpc) is 3.09. The minimum absolute atomic E-state index is 0.0355. The van der Waals surface area contributed by atoms with Crippen molar-refractivity contribution in [2.45, 2.75) is 63.1 Å². The van der Waals surface area contributed by atoms with Gasteiger partial charge in [-0.3, -0.25) is 4.79 Å². The predicted octanol–water partition coefficient (Wildman–Crippen LogP) is 2.36. The molecule has 1 unspecified atom stereocenters. The van der Waals surface area contributed by atoms with Crippen LogP contribution in [0.1, 0.15) is 51.4 Å². The van der Waals surface area contributed by atoms with E-state index in [9.17, 15) is 4.79 Å². The summed E-state index contributed by atoms with van der Waals surface area (Å²) in [7, 11) is 1.49. The zero-order chi connectivity index (χ0) is 14.0. The van der Waals surface area contributed by atoms with Crippen LogP contribution in [0.4, 0.5) is 0 Å². The molecule has 1 spiro atoms. The molecule has 4 nitrogen and oxygen atoms in total. The fourth-order valence-corrected chi connectivity index (χ4v) is 4.22. The number of nitrogens with zero attached hydrogens (tertiary/aromatic N) is 1. The van der Waals surface area contributed by atoms with Crippen molar-refractivity contribution in [2.75, 3.05) is 26.7 Å². The summed E-state index contributed by atoms with van der Waals surface area (Å²) in [5.74, 6) is 0.0774. The van der Waals surface area contributed by atoms with E-state index in [2.05, 4.69) is 4.90 Å².